The number of hydrogen-bond acceptors (Lipinski definition) is 3. The summed E-state index contributed by atoms with van der Waals surface area (Å²) < 4.78 is 31.3. The molecule has 92 valence electrons. The second-order valence-corrected chi connectivity index (χ2v) is 7.28. The minimum Gasteiger partial charge on any atom is -0.299 e. The number of hydrogen-bond donors (Lipinski definition) is 1. The fraction of sp³-hybridized carbons (Fsp3) is 0.909. The van der Waals surface area contributed by atoms with Gasteiger partial charge in [0.05, 0.1) is 11.2 Å². The van der Waals surface area contributed by atoms with E-state index in [2.05, 4.69) is 0 Å². The monoisotopic (exact) mass is 246 g/mol. The molecule has 1 N–H and O–H groups in total. The van der Waals surface area contributed by atoms with Crippen LogP contribution >= 0.6 is 0 Å². The normalized spacial score (nSPS) is 41.6. The summed E-state index contributed by atoms with van der Waals surface area (Å²) in [6, 6.07) is 0. The molecule has 0 amide bonds. The first kappa shape index (κ1) is 12.0. The Hall–Kier alpha value is -0.420. The first-order valence-electron chi connectivity index (χ1n) is 5.61. The molecule has 3 unspecified atom stereocenters. The van der Waals surface area contributed by atoms with Gasteiger partial charge in [-0.2, -0.15) is 8.42 Å². The van der Waals surface area contributed by atoms with Gasteiger partial charge in [0.2, 0.25) is 0 Å². The van der Waals surface area contributed by atoms with Gasteiger partial charge in [-0.3, -0.25) is 9.35 Å². The van der Waals surface area contributed by atoms with Crippen molar-refractivity contribution in [1.29, 1.82) is 0 Å². The summed E-state index contributed by atoms with van der Waals surface area (Å²) in [5.74, 6) is -0.217. The maximum Gasteiger partial charge on any atom is 0.265 e. The molecule has 0 aromatic heterocycles. The van der Waals surface area contributed by atoms with E-state index in [4.69, 9.17) is 4.55 Å². The Morgan fingerprint density at radius 1 is 1.44 bits per heavy atom. The highest BCUT2D eigenvalue weighted by Crippen LogP contribution is 2.66. The molecule has 4 nitrogen and oxygen atoms in total. The zero-order valence-electron chi connectivity index (χ0n) is 9.86. The summed E-state index contributed by atoms with van der Waals surface area (Å²) in [7, 11) is -4.10. The topological polar surface area (TPSA) is 71.4 Å². The first-order chi connectivity index (χ1) is 7.12. The fourth-order valence-corrected chi connectivity index (χ4v) is 5.30. The van der Waals surface area contributed by atoms with Crippen LogP contribution in [0.3, 0.4) is 0 Å². The van der Waals surface area contributed by atoms with Gasteiger partial charge < -0.3 is 0 Å². The highest BCUT2D eigenvalue weighted by Gasteiger charge is 2.68. The van der Waals surface area contributed by atoms with E-state index in [1.54, 1.807) is 0 Å². The number of rotatable bonds is 2. The van der Waals surface area contributed by atoms with Gasteiger partial charge in [0.1, 0.15) is 5.78 Å². The lowest BCUT2D eigenvalue weighted by Crippen LogP contribution is -2.42. The molecule has 2 fully saturated rings. The van der Waals surface area contributed by atoms with E-state index in [1.807, 2.05) is 20.8 Å². The van der Waals surface area contributed by atoms with E-state index in [1.165, 1.54) is 0 Å². The lowest BCUT2D eigenvalue weighted by Gasteiger charge is -2.35. The van der Waals surface area contributed by atoms with Crippen LogP contribution in [-0.4, -0.2) is 24.5 Å². The molecule has 0 spiro atoms. The van der Waals surface area contributed by atoms with Crippen molar-refractivity contribution in [3.05, 3.63) is 0 Å². The molecule has 0 heterocycles. The fourth-order valence-electron chi connectivity index (χ4n) is 4.01. The van der Waals surface area contributed by atoms with E-state index in [0.29, 0.717) is 6.42 Å². The van der Waals surface area contributed by atoms with Crippen LogP contribution in [-0.2, 0) is 14.9 Å². The number of ketones is 1. The van der Waals surface area contributed by atoms with Crippen LogP contribution in [0.25, 0.3) is 0 Å². The summed E-state index contributed by atoms with van der Waals surface area (Å²) in [5, 5.41) is 0. The highest BCUT2D eigenvalue weighted by molar-refractivity contribution is 7.85. The molecule has 3 atom stereocenters. The van der Waals surface area contributed by atoms with E-state index < -0.39 is 21.3 Å². The Labute approximate surface area is 96.2 Å². The van der Waals surface area contributed by atoms with Gasteiger partial charge in [-0.25, -0.2) is 0 Å². The summed E-state index contributed by atoms with van der Waals surface area (Å²) in [6.07, 6.45) is 1.48. The van der Waals surface area contributed by atoms with Crippen molar-refractivity contribution >= 4 is 15.9 Å². The van der Waals surface area contributed by atoms with Gasteiger partial charge >= 0.3 is 0 Å². The smallest absolute Gasteiger partial charge is 0.265 e. The highest BCUT2D eigenvalue weighted by atomic mass is 32.2. The molecule has 0 aromatic carbocycles. The molecule has 2 rings (SSSR count). The van der Waals surface area contributed by atoms with Crippen LogP contribution in [0, 0.1) is 22.7 Å². The van der Waals surface area contributed by atoms with Crippen LogP contribution in [0.4, 0.5) is 0 Å². The van der Waals surface area contributed by atoms with Crippen LogP contribution in [0.15, 0.2) is 0 Å². The third-order valence-corrected chi connectivity index (χ3v) is 5.82. The molecule has 5 heteroatoms. The van der Waals surface area contributed by atoms with Gasteiger partial charge in [-0.15, -0.1) is 0 Å². The molecule has 2 aliphatic carbocycles. The molecule has 2 bridgehead atoms. The van der Waals surface area contributed by atoms with Crippen molar-refractivity contribution in [2.24, 2.45) is 22.7 Å². The minimum absolute atomic E-state index is 0.0198. The minimum atomic E-state index is -4.10. The summed E-state index contributed by atoms with van der Waals surface area (Å²) in [5.41, 5.74) is -1.18. The standard InChI is InChI=1S/C11H18O4S/c1-7-8-4-5-11(9(7)12,10(8,2)3)6-16(13,14)15/h7-8H,4-6H2,1-3H3,(H,13,14,15). The largest absolute Gasteiger partial charge is 0.299 e. The summed E-state index contributed by atoms with van der Waals surface area (Å²) >= 11 is 0. The number of carbonyl (C=O) groups is 1. The van der Waals surface area contributed by atoms with Crippen molar-refractivity contribution in [1.82, 2.24) is 0 Å². The van der Waals surface area contributed by atoms with Gasteiger partial charge in [-0.05, 0) is 24.2 Å². The number of carbonyl (C=O) groups excluding carboxylic acids is 1. The summed E-state index contributed by atoms with van der Waals surface area (Å²) in [4.78, 5) is 12.2. The van der Waals surface area contributed by atoms with Crippen LogP contribution < -0.4 is 0 Å². The Balaban J connectivity index is 2.50. The molecule has 0 radical (unpaired) electrons. The van der Waals surface area contributed by atoms with Crippen molar-refractivity contribution in [2.75, 3.05) is 5.75 Å². The molecule has 0 saturated heterocycles. The summed E-state index contributed by atoms with van der Waals surface area (Å²) in [6.45, 7) is 5.79. The average Bonchev–Trinajstić information content (AvgIpc) is 2.39. The van der Waals surface area contributed by atoms with Crippen molar-refractivity contribution in [3.8, 4) is 0 Å². The molecule has 0 aliphatic heterocycles. The maximum atomic E-state index is 12.2. The Morgan fingerprint density at radius 3 is 2.38 bits per heavy atom. The lowest BCUT2D eigenvalue weighted by atomic mass is 9.70. The SMILES string of the molecule is CC1C(=O)C2(CS(=O)(=O)O)CCC1C2(C)C. The predicted molar refractivity (Wildman–Crippen MR) is 59.5 cm³/mol. The van der Waals surface area contributed by atoms with Gasteiger partial charge in [0, 0.05) is 5.92 Å². The molecule has 2 aliphatic rings. The van der Waals surface area contributed by atoms with Crippen LogP contribution in [0.2, 0.25) is 0 Å². The van der Waals surface area contributed by atoms with Crippen molar-refractivity contribution in [2.45, 2.75) is 33.6 Å². The van der Waals surface area contributed by atoms with Crippen LogP contribution in [0.1, 0.15) is 33.6 Å². The third-order valence-electron chi connectivity index (χ3n) is 4.96. The maximum absolute atomic E-state index is 12.2. The molecular weight excluding hydrogens is 228 g/mol. The van der Waals surface area contributed by atoms with E-state index in [-0.39, 0.29) is 23.0 Å². The predicted octanol–water partition coefficient (Wildman–Crippen LogP) is 1.52. The van der Waals surface area contributed by atoms with Gasteiger partial charge in [0.25, 0.3) is 10.1 Å². The van der Waals surface area contributed by atoms with E-state index in [9.17, 15) is 13.2 Å². The number of Topliss-reactive ketones (excluding diaryl/α,β-unsaturated/α-hetero) is 1. The third kappa shape index (κ3) is 1.31. The molecule has 16 heavy (non-hydrogen) atoms. The average molecular weight is 246 g/mol. The Kier molecular flexibility index (Phi) is 2.31. The molecule has 0 aromatic rings. The zero-order valence-corrected chi connectivity index (χ0v) is 10.7. The second-order valence-electron chi connectivity index (χ2n) is 5.83. The van der Waals surface area contributed by atoms with E-state index >= 15 is 0 Å². The lowest BCUT2D eigenvalue weighted by molar-refractivity contribution is -0.131. The van der Waals surface area contributed by atoms with Crippen molar-refractivity contribution < 1.29 is 17.8 Å². The molecule has 2 saturated carbocycles. The van der Waals surface area contributed by atoms with Crippen molar-refractivity contribution in [3.63, 3.8) is 0 Å². The number of fused-ring (bicyclic) bond motifs is 2. The quantitative estimate of drug-likeness (QED) is 0.750. The van der Waals surface area contributed by atoms with Gasteiger partial charge in [0.15, 0.2) is 0 Å². The van der Waals surface area contributed by atoms with Crippen LogP contribution in [0.5, 0.6) is 0 Å². The second kappa shape index (κ2) is 3.07. The first-order valence-corrected chi connectivity index (χ1v) is 7.22. The Morgan fingerprint density at radius 2 is 2.00 bits per heavy atom. The van der Waals surface area contributed by atoms with Gasteiger partial charge in [-0.1, -0.05) is 20.8 Å². The molecular formula is C11H18O4S. The van der Waals surface area contributed by atoms with E-state index in [0.717, 1.165) is 6.42 Å². The zero-order chi connectivity index (χ0) is 12.4. The Bertz CT molecular complexity index is 437.